The quantitative estimate of drug-likeness (QED) is 0.760. The Bertz CT molecular complexity index is 805. The summed E-state index contributed by atoms with van der Waals surface area (Å²) in [6, 6.07) is 16.8. The van der Waals surface area contributed by atoms with E-state index in [2.05, 4.69) is 70.7 Å². The molecule has 3 aromatic rings. The molecule has 0 spiro atoms. The summed E-state index contributed by atoms with van der Waals surface area (Å²) in [7, 11) is 4.09. The van der Waals surface area contributed by atoms with E-state index in [1.165, 1.54) is 11.3 Å². The Hall–Kier alpha value is -2.55. The summed E-state index contributed by atoms with van der Waals surface area (Å²) in [6.07, 6.45) is 0. The van der Waals surface area contributed by atoms with Gasteiger partial charge in [-0.1, -0.05) is 18.2 Å². The van der Waals surface area contributed by atoms with Crippen LogP contribution in [0.4, 0.5) is 17.1 Å². The number of rotatable bonds is 3. The molecule has 1 aromatic heterocycles. The summed E-state index contributed by atoms with van der Waals surface area (Å²) in [5, 5.41) is 4.68. The van der Waals surface area contributed by atoms with Crippen molar-refractivity contribution in [2.45, 2.75) is 13.8 Å². The Balaban J connectivity index is 2.01. The molecule has 0 aliphatic heterocycles. The van der Waals surface area contributed by atoms with E-state index in [9.17, 15) is 0 Å². The fraction of sp³-hybridized carbons (Fsp3) is 0.211. The van der Waals surface area contributed by atoms with Gasteiger partial charge < -0.3 is 10.2 Å². The number of para-hydroxylation sites is 1. The van der Waals surface area contributed by atoms with Crippen molar-refractivity contribution in [2.75, 3.05) is 24.3 Å². The normalized spacial score (nSPS) is 10.7. The van der Waals surface area contributed by atoms with Crippen LogP contribution in [0.2, 0.25) is 0 Å². The molecule has 3 rings (SSSR count). The molecule has 0 aliphatic carbocycles. The second kappa shape index (κ2) is 5.68. The van der Waals surface area contributed by atoms with Crippen molar-refractivity contribution >= 4 is 28.0 Å². The zero-order chi connectivity index (χ0) is 15.7. The molecule has 0 saturated carbocycles. The van der Waals surface area contributed by atoms with Crippen LogP contribution in [-0.2, 0) is 0 Å². The van der Waals surface area contributed by atoms with Gasteiger partial charge in [0.15, 0.2) is 0 Å². The van der Waals surface area contributed by atoms with Crippen LogP contribution >= 0.6 is 0 Å². The number of benzene rings is 2. The number of anilines is 3. The molecule has 22 heavy (non-hydrogen) atoms. The van der Waals surface area contributed by atoms with Crippen LogP contribution in [0, 0.1) is 13.8 Å². The highest BCUT2D eigenvalue weighted by Gasteiger charge is 2.06. The third-order valence-corrected chi connectivity index (χ3v) is 3.83. The standard InChI is InChI=1S/C19H21N3/c1-13-6-5-7-17-18(12-14(2)20-19(13)17)21-15-8-10-16(11-9-15)22(3)4/h5-12H,1-4H3,(H,20,21). The van der Waals surface area contributed by atoms with Crippen molar-refractivity contribution in [2.24, 2.45) is 0 Å². The van der Waals surface area contributed by atoms with E-state index >= 15 is 0 Å². The highest BCUT2D eigenvalue weighted by molar-refractivity contribution is 5.94. The first-order valence-corrected chi connectivity index (χ1v) is 7.46. The molecule has 1 heterocycles. The zero-order valence-electron chi connectivity index (χ0n) is 13.5. The molecule has 0 bridgehead atoms. The molecule has 0 unspecified atom stereocenters. The van der Waals surface area contributed by atoms with Gasteiger partial charge in [-0.3, -0.25) is 4.98 Å². The maximum atomic E-state index is 4.67. The molecule has 0 radical (unpaired) electrons. The van der Waals surface area contributed by atoms with Crippen molar-refractivity contribution in [3.63, 3.8) is 0 Å². The monoisotopic (exact) mass is 291 g/mol. The van der Waals surface area contributed by atoms with Gasteiger partial charge in [-0.2, -0.15) is 0 Å². The molecule has 2 aromatic carbocycles. The Labute approximate surface area is 131 Å². The number of hydrogen-bond donors (Lipinski definition) is 1. The summed E-state index contributed by atoms with van der Waals surface area (Å²) >= 11 is 0. The smallest absolute Gasteiger partial charge is 0.0755 e. The summed E-state index contributed by atoms with van der Waals surface area (Å²) in [6.45, 7) is 4.14. The summed E-state index contributed by atoms with van der Waals surface area (Å²) in [4.78, 5) is 6.76. The molecule has 3 nitrogen and oxygen atoms in total. The first-order valence-electron chi connectivity index (χ1n) is 7.46. The van der Waals surface area contributed by atoms with E-state index < -0.39 is 0 Å². The summed E-state index contributed by atoms with van der Waals surface area (Å²) in [5.41, 5.74) is 6.66. The minimum Gasteiger partial charge on any atom is -0.378 e. The summed E-state index contributed by atoms with van der Waals surface area (Å²) in [5.74, 6) is 0. The van der Waals surface area contributed by atoms with E-state index in [0.29, 0.717) is 0 Å². The number of pyridine rings is 1. The third kappa shape index (κ3) is 2.75. The van der Waals surface area contributed by atoms with Gasteiger partial charge in [0.25, 0.3) is 0 Å². The number of hydrogen-bond acceptors (Lipinski definition) is 3. The SMILES string of the molecule is Cc1cc(Nc2ccc(N(C)C)cc2)c2cccc(C)c2n1. The highest BCUT2D eigenvalue weighted by Crippen LogP contribution is 2.28. The van der Waals surface area contributed by atoms with E-state index in [4.69, 9.17) is 0 Å². The van der Waals surface area contributed by atoms with Gasteiger partial charge in [-0.25, -0.2) is 0 Å². The molecule has 0 saturated heterocycles. The topological polar surface area (TPSA) is 28.2 Å². The number of nitrogens with zero attached hydrogens (tertiary/aromatic N) is 2. The van der Waals surface area contributed by atoms with Gasteiger partial charge in [0.1, 0.15) is 0 Å². The lowest BCUT2D eigenvalue weighted by Crippen LogP contribution is -2.08. The first-order chi connectivity index (χ1) is 10.5. The summed E-state index contributed by atoms with van der Waals surface area (Å²) < 4.78 is 0. The van der Waals surface area contributed by atoms with Crippen molar-refractivity contribution in [1.29, 1.82) is 0 Å². The predicted molar refractivity (Wildman–Crippen MR) is 95.3 cm³/mol. The van der Waals surface area contributed by atoms with E-state index in [1.54, 1.807) is 0 Å². The Kier molecular flexibility index (Phi) is 3.72. The Morgan fingerprint density at radius 3 is 2.36 bits per heavy atom. The highest BCUT2D eigenvalue weighted by atomic mass is 15.1. The van der Waals surface area contributed by atoms with Crippen LogP contribution in [0.1, 0.15) is 11.3 Å². The van der Waals surface area contributed by atoms with Gasteiger partial charge in [0, 0.05) is 42.2 Å². The average Bonchev–Trinajstić information content (AvgIpc) is 2.49. The second-order valence-corrected chi connectivity index (χ2v) is 5.85. The second-order valence-electron chi connectivity index (χ2n) is 5.85. The van der Waals surface area contributed by atoms with Gasteiger partial charge in [0.2, 0.25) is 0 Å². The Morgan fingerprint density at radius 2 is 1.68 bits per heavy atom. The van der Waals surface area contributed by atoms with Crippen LogP contribution in [0.5, 0.6) is 0 Å². The predicted octanol–water partition coefficient (Wildman–Crippen LogP) is 4.66. The molecule has 1 N–H and O–H groups in total. The molecule has 0 fully saturated rings. The van der Waals surface area contributed by atoms with Crippen LogP contribution < -0.4 is 10.2 Å². The molecule has 112 valence electrons. The van der Waals surface area contributed by atoms with E-state index in [-0.39, 0.29) is 0 Å². The fourth-order valence-electron chi connectivity index (χ4n) is 2.62. The van der Waals surface area contributed by atoms with Crippen LogP contribution in [0.3, 0.4) is 0 Å². The number of aromatic nitrogens is 1. The number of aryl methyl sites for hydroxylation is 2. The maximum absolute atomic E-state index is 4.67. The molecular formula is C19H21N3. The van der Waals surface area contributed by atoms with Gasteiger partial charge in [-0.15, -0.1) is 0 Å². The van der Waals surface area contributed by atoms with Gasteiger partial charge >= 0.3 is 0 Å². The van der Waals surface area contributed by atoms with Gasteiger partial charge in [-0.05, 0) is 49.7 Å². The number of fused-ring (bicyclic) bond motifs is 1. The molecule has 3 heteroatoms. The lowest BCUT2D eigenvalue weighted by atomic mass is 10.1. The molecule has 0 amide bonds. The van der Waals surface area contributed by atoms with Crippen molar-refractivity contribution in [3.05, 3.63) is 59.8 Å². The minimum absolute atomic E-state index is 1.02. The van der Waals surface area contributed by atoms with Crippen LogP contribution in [0.25, 0.3) is 10.9 Å². The average molecular weight is 291 g/mol. The van der Waals surface area contributed by atoms with Crippen molar-refractivity contribution in [1.82, 2.24) is 4.98 Å². The first kappa shape index (κ1) is 14.4. The van der Waals surface area contributed by atoms with Gasteiger partial charge in [0.05, 0.1) is 5.52 Å². The van der Waals surface area contributed by atoms with Crippen LogP contribution in [-0.4, -0.2) is 19.1 Å². The van der Waals surface area contributed by atoms with Crippen LogP contribution in [0.15, 0.2) is 48.5 Å². The minimum atomic E-state index is 1.02. The third-order valence-electron chi connectivity index (χ3n) is 3.83. The molecule has 0 atom stereocenters. The lowest BCUT2D eigenvalue weighted by Gasteiger charge is -2.15. The van der Waals surface area contributed by atoms with Crippen molar-refractivity contribution in [3.8, 4) is 0 Å². The molecule has 0 aliphatic rings. The fourth-order valence-corrected chi connectivity index (χ4v) is 2.62. The Morgan fingerprint density at radius 1 is 0.955 bits per heavy atom. The zero-order valence-corrected chi connectivity index (χ0v) is 13.5. The van der Waals surface area contributed by atoms with E-state index in [0.717, 1.165) is 28.0 Å². The van der Waals surface area contributed by atoms with Crippen molar-refractivity contribution < 1.29 is 0 Å². The maximum Gasteiger partial charge on any atom is 0.0755 e. The lowest BCUT2D eigenvalue weighted by molar-refractivity contribution is 1.13. The largest absolute Gasteiger partial charge is 0.378 e. The molecular weight excluding hydrogens is 270 g/mol. The van der Waals surface area contributed by atoms with E-state index in [1.807, 2.05) is 21.0 Å². The number of nitrogens with one attached hydrogen (secondary N) is 1.